The Balaban J connectivity index is 2.87. The van der Waals surface area contributed by atoms with E-state index in [1.807, 2.05) is 26.2 Å². The van der Waals surface area contributed by atoms with Crippen molar-refractivity contribution in [3.05, 3.63) is 16.3 Å². The van der Waals surface area contributed by atoms with E-state index in [-0.39, 0.29) is 6.04 Å². The van der Waals surface area contributed by atoms with Gasteiger partial charge >= 0.3 is 0 Å². The minimum Gasteiger partial charge on any atom is -0.312 e. The van der Waals surface area contributed by atoms with Gasteiger partial charge in [0.05, 0.1) is 4.90 Å². The fourth-order valence-electron chi connectivity index (χ4n) is 1.35. The first-order valence-corrected chi connectivity index (χ1v) is 8.17. The molecule has 0 saturated heterocycles. The second-order valence-electron chi connectivity index (χ2n) is 3.92. The van der Waals surface area contributed by atoms with Crippen LogP contribution in [0.25, 0.3) is 0 Å². The van der Waals surface area contributed by atoms with Crippen LogP contribution in [-0.4, -0.2) is 21.0 Å². The molecule has 4 nitrogen and oxygen atoms in total. The Hall–Kier alpha value is -0.430. The lowest BCUT2D eigenvalue weighted by Gasteiger charge is -2.12. The zero-order valence-corrected chi connectivity index (χ0v) is 12.1. The normalized spacial score (nSPS) is 13.8. The fourth-order valence-corrected chi connectivity index (χ4v) is 4.09. The Kier molecular flexibility index (Phi) is 5.58. The van der Waals surface area contributed by atoms with Crippen molar-refractivity contribution in [1.29, 1.82) is 0 Å². The lowest BCUT2D eigenvalue weighted by atomic mass is 10.3. The first-order chi connectivity index (χ1) is 8.01. The van der Waals surface area contributed by atoms with E-state index in [9.17, 15) is 8.42 Å². The van der Waals surface area contributed by atoms with Crippen LogP contribution in [0.5, 0.6) is 0 Å². The van der Waals surface area contributed by atoms with Crippen LogP contribution in [0.3, 0.4) is 0 Å². The molecule has 1 aromatic rings. The number of nitrogens with one attached hydrogen (secondary N) is 2. The summed E-state index contributed by atoms with van der Waals surface area (Å²) < 4.78 is 26.9. The van der Waals surface area contributed by atoms with Crippen molar-refractivity contribution in [1.82, 2.24) is 10.0 Å². The molecule has 0 fully saturated rings. The monoisotopic (exact) mass is 276 g/mol. The molecule has 17 heavy (non-hydrogen) atoms. The third kappa shape index (κ3) is 4.06. The summed E-state index contributed by atoms with van der Waals surface area (Å²) in [5.74, 6) is 0. The summed E-state index contributed by atoms with van der Waals surface area (Å²) in [6, 6.07) is 1.63. The van der Waals surface area contributed by atoms with Crippen molar-refractivity contribution >= 4 is 21.4 Å². The van der Waals surface area contributed by atoms with Gasteiger partial charge in [-0.15, -0.1) is 11.3 Å². The minimum atomic E-state index is -3.37. The smallest absolute Gasteiger partial charge is 0.241 e. The summed E-state index contributed by atoms with van der Waals surface area (Å²) in [7, 11) is -3.37. The van der Waals surface area contributed by atoms with Crippen molar-refractivity contribution in [3.63, 3.8) is 0 Å². The molecule has 0 aliphatic heterocycles. The molecule has 0 bridgehead atoms. The van der Waals surface area contributed by atoms with Crippen LogP contribution in [0.2, 0.25) is 0 Å². The highest BCUT2D eigenvalue weighted by Gasteiger charge is 2.20. The average Bonchev–Trinajstić information content (AvgIpc) is 2.74. The van der Waals surface area contributed by atoms with E-state index < -0.39 is 10.0 Å². The molecule has 98 valence electrons. The first kappa shape index (κ1) is 14.6. The standard InChI is InChI=1S/C11H20N2O2S2/c1-4-9(3)13-17(14,15)11-6-7-16-10(11)8-12-5-2/h6-7,9,12-13H,4-5,8H2,1-3H3. The van der Waals surface area contributed by atoms with Gasteiger partial charge in [0.2, 0.25) is 10.0 Å². The quantitative estimate of drug-likeness (QED) is 0.800. The van der Waals surface area contributed by atoms with Gasteiger partial charge in [-0.1, -0.05) is 13.8 Å². The zero-order valence-electron chi connectivity index (χ0n) is 10.5. The Morgan fingerprint density at radius 2 is 2.12 bits per heavy atom. The maximum absolute atomic E-state index is 12.1. The number of hydrogen-bond donors (Lipinski definition) is 2. The van der Waals surface area contributed by atoms with Gasteiger partial charge in [-0.3, -0.25) is 0 Å². The van der Waals surface area contributed by atoms with E-state index in [1.54, 1.807) is 6.07 Å². The Morgan fingerprint density at radius 1 is 1.41 bits per heavy atom. The van der Waals surface area contributed by atoms with Gasteiger partial charge in [0.25, 0.3) is 0 Å². The summed E-state index contributed by atoms with van der Waals surface area (Å²) in [5, 5.41) is 4.97. The van der Waals surface area contributed by atoms with Crippen LogP contribution in [-0.2, 0) is 16.6 Å². The van der Waals surface area contributed by atoms with E-state index >= 15 is 0 Å². The molecular formula is C11H20N2O2S2. The molecule has 1 aromatic heterocycles. The molecule has 0 saturated carbocycles. The predicted molar refractivity (Wildman–Crippen MR) is 71.8 cm³/mol. The van der Waals surface area contributed by atoms with Crippen molar-refractivity contribution in [2.45, 2.75) is 44.7 Å². The zero-order chi connectivity index (χ0) is 12.9. The van der Waals surface area contributed by atoms with Crippen LogP contribution in [0, 0.1) is 0 Å². The van der Waals surface area contributed by atoms with Gasteiger partial charge in [-0.2, -0.15) is 0 Å². The molecule has 0 aromatic carbocycles. The van der Waals surface area contributed by atoms with Gasteiger partial charge in [-0.25, -0.2) is 13.1 Å². The number of thiophene rings is 1. The summed E-state index contributed by atoms with van der Waals surface area (Å²) in [4.78, 5) is 1.27. The first-order valence-electron chi connectivity index (χ1n) is 5.80. The van der Waals surface area contributed by atoms with E-state index in [0.717, 1.165) is 17.8 Å². The van der Waals surface area contributed by atoms with Gasteiger partial charge in [0, 0.05) is 17.5 Å². The largest absolute Gasteiger partial charge is 0.312 e. The lowest BCUT2D eigenvalue weighted by Crippen LogP contribution is -2.32. The molecule has 1 rings (SSSR count). The molecule has 6 heteroatoms. The van der Waals surface area contributed by atoms with Gasteiger partial charge in [-0.05, 0) is 31.3 Å². The fraction of sp³-hybridized carbons (Fsp3) is 0.636. The molecule has 0 spiro atoms. The maximum Gasteiger partial charge on any atom is 0.241 e. The second-order valence-corrected chi connectivity index (χ2v) is 6.60. The number of hydrogen-bond acceptors (Lipinski definition) is 4. The Labute approximate surface area is 107 Å². The minimum absolute atomic E-state index is 0.0353. The number of sulfonamides is 1. The van der Waals surface area contributed by atoms with Crippen LogP contribution >= 0.6 is 11.3 Å². The molecular weight excluding hydrogens is 256 g/mol. The summed E-state index contributed by atoms with van der Waals surface area (Å²) >= 11 is 1.47. The van der Waals surface area contributed by atoms with Crippen molar-refractivity contribution in [3.8, 4) is 0 Å². The second kappa shape index (κ2) is 6.49. The highest BCUT2D eigenvalue weighted by Crippen LogP contribution is 2.22. The highest BCUT2D eigenvalue weighted by atomic mass is 32.2. The summed E-state index contributed by atoms with van der Waals surface area (Å²) in [5.41, 5.74) is 0. The maximum atomic E-state index is 12.1. The van der Waals surface area contributed by atoms with E-state index in [0.29, 0.717) is 11.4 Å². The molecule has 1 unspecified atom stereocenters. The molecule has 2 N–H and O–H groups in total. The molecule has 0 amide bonds. The van der Waals surface area contributed by atoms with Crippen molar-refractivity contribution < 1.29 is 8.42 Å². The predicted octanol–water partition coefficient (Wildman–Crippen LogP) is 1.93. The van der Waals surface area contributed by atoms with Crippen molar-refractivity contribution in [2.75, 3.05) is 6.54 Å². The molecule has 0 aliphatic carbocycles. The summed E-state index contributed by atoms with van der Waals surface area (Å²) in [6.07, 6.45) is 0.784. The SMILES string of the molecule is CCNCc1sccc1S(=O)(=O)NC(C)CC. The molecule has 1 heterocycles. The van der Waals surface area contributed by atoms with Crippen LogP contribution < -0.4 is 10.0 Å². The molecule has 1 atom stereocenters. The lowest BCUT2D eigenvalue weighted by molar-refractivity contribution is 0.554. The van der Waals surface area contributed by atoms with Gasteiger partial charge < -0.3 is 5.32 Å². The van der Waals surface area contributed by atoms with Crippen molar-refractivity contribution in [2.24, 2.45) is 0 Å². The third-order valence-corrected chi connectivity index (χ3v) is 5.22. The average molecular weight is 276 g/mol. The molecule has 0 radical (unpaired) electrons. The topological polar surface area (TPSA) is 58.2 Å². The summed E-state index contributed by atoms with van der Waals surface area (Å²) in [6.45, 7) is 7.26. The van der Waals surface area contributed by atoms with E-state index in [2.05, 4.69) is 10.0 Å². The Morgan fingerprint density at radius 3 is 2.71 bits per heavy atom. The van der Waals surface area contributed by atoms with E-state index in [4.69, 9.17) is 0 Å². The van der Waals surface area contributed by atoms with Crippen LogP contribution in [0.1, 0.15) is 32.1 Å². The van der Waals surface area contributed by atoms with Gasteiger partial charge in [0.1, 0.15) is 0 Å². The van der Waals surface area contributed by atoms with E-state index in [1.165, 1.54) is 11.3 Å². The van der Waals surface area contributed by atoms with Crippen LogP contribution in [0.15, 0.2) is 16.3 Å². The van der Waals surface area contributed by atoms with Gasteiger partial charge in [0.15, 0.2) is 0 Å². The third-order valence-electron chi connectivity index (χ3n) is 2.50. The highest BCUT2D eigenvalue weighted by molar-refractivity contribution is 7.89. The molecule has 0 aliphatic rings. The van der Waals surface area contributed by atoms with Crippen LogP contribution in [0.4, 0.5) is 0 Å². The Bertz CT molecular complexity index is 440. The number of rotatable bonds is 7.